The number of aliphatic hydroxyl groups excluding tert-OH is 1. The van der Waals surface area contributed by atoms with Gasteiger partial charge in [0.15, 0.2) is 0 Å². The highest BCUT2D eigenvalue weighted by Gasteiger charge is 1.93. The average Bonchev–Trinajstić information content (AvgIpc) is 2.65. The van der Waals surface area contributed by atoms with Crippen LogP contribution in [0.2, 0.25) is 0 Å². The fraction of sp³-hybridized carbons (Fsp3) is 0.278. The molecule has 2 aromatic carbocycles. The molecule has 0 aliphatic heterocycles. The van der Waals surface area contributed by atoms with Crippen LogP contribution in [0.4, 0.5) is 8.78 Å². The van der Waals surface area contributed by atoms with Gasteiger partial charge in [0.1, 0.15) is 35.1 Å². The summed E-state index contributed by atoms with van der Waals surface area (Å²) >= 11 is 2.94. The van der Waals surface area contributed by atoms with Crippen LogP contribution in [0, 0.1) is 11.6 Å². The number of carbonyl (C=O) groups excluding carboxylic acids is 1. The topological polar surface area (TPSA) is 76.0 Å². The summed E-state index contributed by atoms with van der Waals surface area (Å²) in [5.41, 5.74) is 0. The first-order chi connectivity index (χ1) is 12.4. The fourth-order valence-electron chi connectivity index (χ4n) is 1.33. The fourth-order valence-corrected chi connectivity index (χ4v) is 1.50. The number of phenolic OH excluding ortho intramolecular Hbond substituents is 1. The Morgan fingerprint density at radius 1 is 1.04 bits per heavy atom. The quantitative estimate of drug-likeness (QED) is 0.554. The minimum atomic E-state index is -0.331. The predicted molar refractivity (Wildman–Crippen MR) is 97.5 cm³/mol. The highest BCUT2D eigenvalue weighted by molar-refractivity contribution is 9.09. The first-order valence-corrected chi connectivity index (χ1v) is 8.70. The molecule has 0 bridgehead atoms. The smallest absolute Gasteiger partial charge is 0.316 e. The zero-order chi connectivity index (χ0) is 19.8. The molecule has 26 heavy (non-hydrogen) atoms. The lowest BCUT2D eigenvalue weighted by atomic mass is 10.3. The van der Waals surface area contributed by atoms with Crippen molar-refractivity contribution < 1.29 is 33.3 Å². The summed E-state index contributed by atoms with van der Waals surface area (Å²) in [6.45, 7) is 2.45. The van der Waals surface area contributed by atoms with E-state index in [0.717, 1.165) is 0 Å². The molecular weight excluding hydrogens is 414 g/mol. The number of halogens is 3. The number of hydrogen-bond donors (Lipinski definition) is 2. The van der Waals surface area contributed by atoms with Gasteiger partial charge in [-0.2, -0.15) is 0 Å². The summed E-state index contributed by atoms with van der Waals surface area (Å²) in [6.07, 6.45) is 0. The van der Waals surface area contributed by atoms with Crippen LogP contribution >= 0.6 is 15.9 Å². The monoisotopic (exact) mass is 434 g/mol. The molecule has 0 saturated heterocycles. The van der Waals surface area contributed by atoms with E-state index in [0.29, 0.717) is 17.7 Å². The molecule has 0 unspecified atom stereocenters. The first-order valence-electron chi connectivity index (χ1n) is 7.58. The van der Waals surface area contributed by atoms with Gasteiger partial charge in [-0.05, 0) is 55.5 Å². The molecule has 0 amide bonds. The van der Waals surface area contributed by atoms with E-state index >= 15 is 0 Å². The molecule has 0 fully saturated rings. The van der Waals surface area contributed by atoms with Gasteiger partial charge < -0.3 is 19.7 Å². The number of alkyl halides is 1. The lowest BCUT2D eigenvalue weighted by molar-refractivity contribution is -0.139. The van der Waals surface area contributed by atoms with E-state index in [1.807, 2.05) is 0 Å². The van der Waals surface area contributed by atoms with E-state index in [9.17, 15) is 13.6 Å². The molecule has 2 aromatic rings. The number of rotatable bonds is 5. The van der Waals surface area contributed by atoms with Crippen LogP contribution < -0.4 is 4.74 Å². The summed E-state index contributed by atoms with van der Waals surface area (Å²) in [5.74, 6) is -0.168. The number of hydrogen-bond acceptors (Lipinski definition) is 5. The number of carbonyl (C=O) groups is 1. The van der Waals surface area contributed by atoms with Gasteiger partial charge in [-0.1, -0.05) is 15.9 Å². The van der Waals surface area contributed by atoms with Gasteiger partial charge in [-0.3, -0.25) is 4.79 Å². The molecule has 144 valence electrons. The normalized spacial score (nSPS) is 9.12. The van der Waals surface area contributed by atoms with Crippen molar-refractivity contribution in [1.82, 2.24) is 0 Å². The summed E-state index contributed by atoms with van der Waals surface area (Å²) in [7, 11) is 0. The standard InChI is InChI=1S/C8H9FO2.C6H5FO.C4H7BrO2/c9-7-1-3-8(4-2-7)11-6-5-10;7-5-1-3-6(8)4-2-5;1-2-7-4(6)3-5/h1-4,10H,5-6H2;1-4,8H;2-3H2,1H3. The van der Waals surface area contributed by atoms with Gasteiger partial charge in [-0.25, -0.2) is 8.78 Å². The second-order valence-corrected chi connectivity index (χ2v) is 5.00. The van der Waals surface area contributed by atoms with Crippen LogP contribution in [0.5, 0.6) is 11.5 Å². The van der Waals surface area contributed by atoms with E-state index in [4.69, 9.17) is 14.9 Å². The maximum atomic E-state index is 12.3. The van der Waals surface area contributed by atoms with E-state index < -0.39 is 0 Å². The van der Waals surface area contributed by atoms with E-state index in [1.54, 1.807) is 6.92 Å². The van der Waals surface area contributed by atoms with Crippen molar-refractivity contribution in [3.63, 3.8) is 0 Å². The predicted octanol–water partition coefficient (Wildman–Crippen LogP) is 3.67. The molecule has 0 aromatic heterocycles. The van der Waals surface area contributed by atoms with Crippen molar-refractivity contribution in [1.29, 1.82) is 0 Å². The van der Waals surface area contributed by atoms with Crippen LogP contribution in [0.1, 0.15) is 6.92 Å². The maximum absolute atomic E-state index is 12.3. The van der Waals surface area contributed by atoms with Crippen molar-refractivity contribution in [3.05, 3.63) is 60.2 Å². The number of aromatic hydroxyl groups is 1. The maximum Gasteiger partial charge on any atom is 0.316 e. The highest BCUT2D eigenvalue weighted by atomic mass is 79.9. The van der Waals surface area contributed by atoms with Crippen molar-refractivity contribution in [2.75, 3.05) is 25.2 Å². The molecule has 0 heterocycles. The lowest BCUT2D eigenvalue weighted by Gasteiger charge is -2.02. The number of aliphatic hydroxyl groups is 1. The van der Waals surface area contributed by atoms with Gasteiger partial charge in [0.25, 0.3) is 0 Å². The number of ether oxygens (including phenoxy) is 2. The molecule has 2 N–H and O–H groups in total. The van der Waals surface area contributed by atoms with Gasteiger partial charge in [-0.15, -0.1) is 0 Å². The zero-order valence-corrected chi connectivity index (χ0v) is 15.8. The average molecular weight is 435 g/mol. The molecule has 0 radical (unpaired) electrons. The first kappa shape index (κ1) is 23.8. The third-order valence-electron chi connectivity index (χ3n) is 2.41. The van der Waals surface area contributed by atoms with Crippen molar-refractivity contribution in [2.24, 2.45) is 0 Å². The molecule has 5 nitrogen and oxygen atoms in total. The molecule has 0 atom stereocenters. The Morgan fingerprint density at radius 3 is 1.88 bits per heavy atom. The van der Waals surface area contributed by atoms with Crippen molar-refractivity contribution >= 4 is 21.9 Å². The second kappa shape index (κ2) is 15.1. The van der Waals surface area contributed by atoms with Crippen molar-refractivity contribution in [3.8, 4) is 11.5 Å². The molecule has 0 spiro atoms. The minimum Gasteiger partial charge on any atom is -0.508 e. The van der Waals surface area contributed by atoms with Crippen LogP contribution in [0.15, 0.2) is 48.5 Å². The van der Waals surface area contributed by atoms with Gasteiger partial charge in [0.05, 0.1) is 13.2 Å². The van der Waals surface area contributed by atoms with Crippen LogP contribution in [-0.2, 0) is 9.53 Å². The Labute approximate surface area is 159 Å². The lowest BCUT2D eigenvalue weighted by Crippen LogP contribution is -2.03. The van der Waals surface area contributed by atoms with Gasteiger partial charge >= 0.3 is 5.97 Å². The third kappa shape index (κ3) is 13.1. The second-order valence-electron chi connectivity index (χ2n) is 4.44. The minimum absolute atomic E-state index is 0.0304. The van der Waals surface area contributed by atoms with Crippen LogP contribution in [0.3, 0.4) is 0 Å². The molecule has 0 saturated carbocycles. The Balaban J connectivity index is 0.000000373. The SMILES string of the molecule is CCOC(=O)CBr.OCCOc1ccc(F)cc1.Oc1ccc(F)cc1. The Kier molecular flexibility index (Phi) is 13.8. The summed E-state index contributed by atoms with van der Waals surface area (Å²) in [6, 6.07) is 10.7. The number of esters is 1. The third-order valence-corrected chi connectivity index (χ3v) is 2.87. The highest BCUT2D eigenvalue weighted by Crippen LogP contribution is 2.10. The van der Waals surface area contributed by atoms with E-state index in [-0.39, 0.29) is 36.6 Å². The Bertz CT molecular complexity index is 585. The number of phenols is 1. The van der Waals surface area contributed by atoms with E-state index in [1.165, 1.54) is 48.5 Å². The molecular formula is C18H21BrF2O5. The largest absolute Gasteiger partial charge is 0.508 e. The zero-order valence-electron chi connectivity index (χ0n) is 14.2. The van der Waals surface area contributed by atoms with Gasteiger partial charge in [0, 0.05) is 0 Å². The Hall–Kier alpha value is -2.19. The van der Waals surface area contributed by atoms with Gasteiger partial charge in [0.2, 0.25) is 0 Å². The Morgan fingerprint density at radius 2 is 1.54 bits per heavy atom. The van der Waals surface area contributed by atoms with Crippen LogP contribution in [0.25, 0.3) is 0 Å². The number of benzene rings is 2. The molecule has 0 aliphatic rings. The molecule has 8 heteroatoms. The summed E-state index contributed by atoms with van der Waals surface area (Å²) in [4.78, 5) is 10.1. The van der Waals surface area contributed by atoms with Crippen molar-refractivity contribution in [2.45, 2.75) is 6.92 Å². The summed E-state index contributed by atoms with van der Waals surface area (Å²) in [5, 5.41) is 17.3. The summed E-state index contributed by atoms with van der Waals surface area (Å²) < 4.78 is 33.8. The molecule has 0 aliphatic carbocycles. The van der Waals surface area contributed by atoms with Crippen LogP contribution in [-0.4, -0.2) is 41.3 Å². The molecule has 2 rings (SSSR count). The van der Waals surface area contributed by atoms with E-state index in [2.05, 4.69) is 20.7 Å².